The van der Waals surface area contributed by atoms with Gasteiger partial charge >= 0.3 is 0 Å². The van der Waals surface area contributed by atoms with Crippen LogP contribution in [0.3, 0.4) is 0 Å². The van der Waals surface area contributed by atoms with Gasteiger partial charge in [-0.05, 0) is 19.0 Å². The molecule has 0 aromatic heterocycles. The summed E-state index contributed by atoms with van der Waals surface area (Å²) in [5, 5.41) is 15.7. The number of hydrogen-bond donors (Lipinski definition) is 3. The van der Waals surface area contributed by atoms with Crippen LogP contribution in [0.5, 0.6) is 5.75 Å². The number of nitrogens with one attached hydrogen (secondary N) is 2. The molecule has 18 heavy (non-hydrogen) atoms. The summed E-state index contributed by atoms with van der Waals surface area (Å²) in [6.45, 7) is 2.46. The van der Waals surface area contributed by atoms with Gasteiger partial charge in [0.1, 0.15) is 5.75 Å². The Morgan fingerprint density at radius 1 is 1.39 bits per heavy atom. The normalized spacial score (nSPS) is 15.0. The van der Waals surface area contributed by atoms with Gasteiger partial charge in [-0.2, -0.15) is 0 Å². The van der Waals surface area contributed by atoms with Crippen LogP contribution < -0.4 is 10.6 Å². The molecule has 0 saturated carbocycles. The van der Waals surface area contributed by atoms with Crippen molar-refractivity contribution < 1.29 is 9.90 Å². The van der Waals surface area contributed by atoms with E-state index in [2.05, 4.69) is 16.7 Å². The third-order valence-corrected chi connectivity index (χ3v) is 3.01. The summed E-state index contributed by atoms with van der Waals surface area (Å²) in [5.41, 5.74) is 1.92. The van der Waals surface area contributed by atoms with Gasteiger partial charge in [0.05, 0.1) is 6.42 Å². The van der Waals surface area contributed by atoms with Crippen LogP contribution in [0.2, 0.25) is 0 Å². The number of rotatable bonds is 4. The quantitative estimate of drug-likeness (QED) is 0.694. The Hall–Kier alpha value is -1.81. The zero-order valence-corrected chi connectivity index (χ0v) is 10.3. The van der Waals surface area contributed by atoms with Gasteiger partial charge in [0.15, 0.2) is 0 Å². The van der Waals surface area contributed by atoms with E-state index in [1.165, 1.54) is 5.57 Å². The van der Waals surface area contributed by atoms with Gasteiger partial charge in [0, 0.05) is 18.7 Å². The van der Waals surface area contributed by atoms with Crippen LogP contribution in [-0.4, -0.2) is 30.6 Å². The van der Waals surface area contributed by atoms with Crippen LogP contribution in [0.1, 0.15) is 12.0 Å². The number of benzene rings is 1. The van der Waals surface area contributed by atoms with E-state index in [9.17, 15) is 9.90 Å². The topological polar surface area (TPSA) is 61.4 Å². The molecule has 0 unspecified atom stereocenters. The molecule has 1 aliphatic heterocycles. The third-order valence-electron chi connectivity index (χ3n) is 3.01. The van der Waals surface area contributed by atoms with Gasteiger partial charge in [0.2, 0.25) is 5.91 Å². The minimum absolute atomic E-state index is 0.0593. The second kappa shape index (κ2) is 6.21. The predicted molar refractivity (Wildman–Crippen MR) is 70.4 cm³/mol. The smallest absolute Gasteiger partial charge is 0.224 e. The zero-order chi connectivity index (χ0) is 12.8. The molecule has 0 aliphatic carbocycles. The van der Waals surface area contributed by atoms with Gasteiger partial charge in [-0.15, -0.1) is 0 Å². The van der Waals surface area contributed by atoms with Crippen LogP contribution in [-0.2, 0) is 11.2 Å². The minimum atomic E-state index is -0.0593. The molecule has 4 heteroatoms. The maximum atomic E-state index is 11.7. The average Bonchev–Trinajstić information content (AvgIpc) is 2.40. The van der Waals surface area contributed by atoms with Crippen molar-refractivity contribution in [2.75, 3.05) is 19.6 Å². The molecule has 1 aromatic carbocycles. The first-order valence-corrected chi connectivity index (χ1v) is 6.18. The van der Waals surface area contributed by atoms with Crippen LogP contribution in [0.4, 0.5) is 0 Å². The molecular formula is C14H18N2O2. The molecule has 96 valence electrons. The number of carbonyl (C=O) groups is 1. The lowest BCUT2D eigenvalue weighted by molar-refractivity contribution is -0.120. The highest BCUT2D eigenvalue weighted by atomic mass is 16.3. The van der Waals surface area contributed by atoms with Crippen molar-refractivity contribution in [2.24, 2.45) is 0 Å². The summed E-state index contributed by atoms with van der Waals surface area (Å²) in [6.07, 6.45) is 3.32. The Morgan fingerprint density at radius 2 is 2.22 bits per heavy atom. The highest BCUT2D eigenvalue weighted by Gasteiger charge is 2.08. The molecule has 1 amide bonds. The van der Waals surface area contributed by atoms with Crippen molar-refractivity contribution in [3.05, 3.63) is 41.5 Å². The zero-order valence-electron chi connectivity index (χ0n) is 10.3. The lowest BCUT2D eigenvalue weighted by atomic mass is 10.1. The second-order valence-corrected chi connectivity index (χ2v) is 4.40. The van der Waals surface area contributed by atoms with Gasteiger partial charge in [0.25, 0.3) is 0 Å². The van der Waals surface area contributed by atoms with Crippen molar-refractivity contribution in [1.29, 1.82) is 0 Å². The van der Waals surface area contributed by atoms with E-state index in [1.54, 1.807) is 18.2 Å². The van der Waals surface area contributed by atoms with Crippen LogP contribution >= 0.6 is 0 Å². The lowest BCUT2D eigenvalue weighted by Crippen LogP contribution is -2.30. The summed E-state index contributed by atoms with van der Waals surface area (Å²) in [4.78, 5) is 11.7. The van der Waals surface area contributed by atoms with E-state index in [-0.39, 0.29) is 18.1 Å². The third kappa shape index (κ3) is 3.60. The number of amides is 1. The van der Waals surface area contributed by atoms with Gasteiger partial charge in [-0.1, -0.05) is 29.8 Å². The van der Waals surface area contributed by atoms with Crippen LogP contribution in [0.25, 0.3) is 0 Å². The molecule has 0 radical (unpaired) electrons. The van der Waals surface area contributed by atoms with Crippen molar-refractivity contribution in [2.45, 2.75) is 12.8 Å². The molecule has 0 saturated heterocycles. The number of para-hydroxylation sites is 1. The maximum Gasteiger partial charge on any atom is 0.224 e. The Bertz CT molecular complexity index is 455. The summed E-state index contributed by atoms with van der Waals surface area (Å²) in [5.74, 6) is 0.115. The first-order valence-electron chi connectivity index (χ1n) is 6.18. The monoisotopic (exact) mass is 246 g/mol. The molecule has 1 heterocycles. The predicted octanol–water partition coefficient (Wildman–Crippen LogP) is 0.971. The van der Waals surface area contributed by atoms with E-state index in [1.807, 2.05) is 6.07 Å². The molecule has 3 N–H and O–H groups in total. The van der Waals surface area contributed by atoms with E-state index in [0.29, 0.717) is 12.1 Å². The van der Waals surface area contributed by atoms with E-state index >= 15 is 0 Å². The van der Waals surface area contributed by atoms with Crippen LogP contribution in [0.15, 0.2) is 35.9 Å². The van der Waals surface area contributed by atoms with Gasteiger partial charge in [-0.3, -0.25) is 4.79 Å². The summed E-state index contributed by atoms with van der Waals surface area (Å²) < 4.78 is 0. The molecule has 1 aromatic rings. The van der Waals surface area contributed by atoms with Crippen molar-refractivity contribution in [3.8, 4) is 5.75 Å². The van der Waals surface area contributed by atoms with Crippen LogP contribution in [0, 0.1) is 0 Å². The molecule has 2 rings (SSSR count). The highest BCUT2D eigenvalue weighted by molar-refractivity contribution is 5.79. The van der Waals surface area contributed by atoms with E-state index in [0.717, 1.165) is 19.5 Å². The fourth-order valence-electron chi connectivity index (χ4n) is 1.94. The van der Waals surface area contributed by atoms with Gasteiger partial charge in [-0.25, -0.2) is 0 Å². The maximum absolute atomic E-state index is 11.7. The first-order chi connectivity index (χ1) is 8.75. The van der Waals surface area contributed by atoms with Crippen molar-refractivity contribution in [3.63, 3.8) is 0 Å². The Labute approximate surface area is 107 Å². The number of aromatic hydroxyl groups is 1. The average molecular weight is 246 g/mol. The van der Waals surface area contributed by atoms with E-state index in [4.69, 9.17) is 0 Å². The molecule has 1 aliphatic rings. The summed E-state index contributed by atoms with van der Waals surface area (Å²) in [7, 11) is 0. The Morgan fingerprint density at radius 3 is 2.94 bits per heavy atom. The first kappa shape index (κ1) is 12.6. The highest BCUT2D eigenvalue weighted by Crippen LogP contribution is 2.15. The fourth-order valence-corrected chi connectivity index (χ4v) is 1.94. The fraction of sp³-hybridized carbons (Fsp3) is 0.357. The molecule has 0 fully saturated rings. The lowest BCUT2D eigenvalue weighted by Gasteiger charge is -2.14. The SMILES string of the molecule is O=C(Cc1ccccc1O)NCC1=CCNCC1. The van der Waals surface area contributed by atoms with Gasteiger partial charge < -0.3 is 15.7 Å². The number of phenols is 1. The molecule has 0 spiro atoms. The summed E-state index contributed by atoms with van der Waals surface area (Å²) in [6, 6.07) is 6.92. The largest absolute Gasteiger partial charge is 0.508 e. The van der Waals surface area contributed by atoms with Crippen molar-refractivity contribution in [1.82, 2.24) is 10.6 Å². The standard InChI is InChI=1S/C14H18N2O2/c17-13-4-2-1-3-12(13)9-14(18)16-10-11-5-7-15-8-6-11/h1-5,15,17H,6-10H2,(H,16,18). The molecule has 0 atom stereocenters. The Balaban J connectivity index is 1.82. The second-order valence-electron chi connectivity index (χ2n) is 4.40. The molecule has 4 nitrogen and oxygen atoms in total. The number of phenolic OH excluding ortho intramolecular Hbond substituents is 1. The molecule has 0 bridgehead atoms. The summed E-state index contributed by atoms with van der Waals surface area (Å²) >= 11 is 0. The molecular weight excluding hydrogens is 228 g/mol. The number of hydrogen-bond acceptors (Lipinski definition) is 3. The van der Waals surface area contributed by atoms with E-state index < -0.39 is 0 Å². The van der Waals surface area contributed by atoms with Crippen molar-refractivity contribution >= 4 is 5.91 Å². The number of carbonyl (C=O) groups excluding carboxylic acids is 1. The minimum Gasteiger partial charge on any atom is -0.508 e. The Kier molecular flexibility index (Phi) is 4.36.